The highest BCUT2D eigenvalue weighted by Crippen LogP contribution is 2.29. The summed E-state index contributed by atoms with van der Waals surface area (Å²) in [6.45, 7) is 5.25. The first kappa shape index (κ1) is 16.6. The average Bonchev–Trinajstić information content (AvgIpc) is 3.24. The largest absolute Gasteiger partial charge is 0.342 e. The molecule has 1 aromatic carbocycles. The van der Waals surface area contributed by atoms with Crippen LogP contribution < -0.4 is 5.32 Å². The number of fused-ring (bicyclic) bond motifs is 1. The number of likely N-dealkylation sites (tertiary alicyclic amines) is 2. The Balaban J connectivity index is 1.34. The van der Waals surface area contributed by atoms with Gasteiger partial charge in [0.05, 0.1) is 12.3 Å². The van der Waals surface area contributed by atoms with Crippen LogP contribution in [0.25, 0.3) is 0 Å². The smallest absolute Gasteiger partial charge is 0.227 e. The number of piperidine rings is 1. The van der Waals surface area contributed by atoms with Crippen molar-refractivity contribution in [2.45, 2.75) is 19.3 Å². The average molecular weight is 341 g/mol. The van der Waals surface area contributed by atoms with Gasteiger partial charge in [0.1, 0.15) is 0 Å². The van der Waals surface area contributed by atoms with Crippen LogP contribution in [0.15, 0.2) is 30.3 Å². The van der Waals surface area contributed by atoms with E-state index in [2.05, 4.69) is 10.2 Å². The van der Waals surface area contributed by atoms with Crippen molar-refractivity contribution in [2.75, 3.05) is 39.3 Å². The summed E-state index contributed by atoms with van der Waals surface area (Å²) in [5, 5.41) is 3.42. The number of rotatable bonds is 3. The van der Waals surface area contributed by atoms with Crippen LogP contribution >= 0.6 is 0 Å². The number of benzene rings is 1. The lowest BCUT2D eigenvalue weighted by Gasteiger charge is -2.34. The van der Waals surface area contributed by atoms with E-state index in [1.807, 2.05) is 35.2 Å². The monoisotopic (exact) mass is 341 g/mol. The lowest BCUT2D eigenvalue weighted by molar-refractivity contribution is -0.140. The molecule has 1 unspecified atom stereocenters. The number of carbonyl (C=O) groups excluding carboxylic acids is 2. The zero-order chi connectivity index (χ0) is 17.2. The molecule has 0 aromatic heterocycles. The third-order valence-electron chi connectivity index (χ3n) is 6.02. The van der Waals surface area contributed by atoms with E-state index in [0.717, 1.165) is 51.1 Å². The van der Waals surface area contributed by atoms with Gasteiger partial charge in [0.25, 0.3) is 0 Å². The second kappa shape index (κ2) is 7.16. The molecule has 0 aliphatic carbocycles. The molecule has 0 radical (unpaired) electrons. The Labute approximate surface area is 149 Å². The summed E-state index contributed by atoms with van der Waals surface area (Å²) in [7, 11) is 0. The summed E-state index contributed by atoms with van der Waals surface area (Å²) >= 11 is 0. The van der Waals surface area contributed by atoms with Gasteiger partial charge < -0.3 is 15.1 Å². The molecular formula is C20H27N3O2. The maximum absolute atomic E-state index is 12.9. The zero-order valence-corrected chi connectivity index (χ0v) is 14.7. The van der Waals surface area contributed by atoms with Gasteiger partial charge in [-0.15, -0.1) is 0 Å². The SMILES string of the molecule is O=C(Cc1ccccc1)N1CCCC(C(=O)N2C[C@H]3CNC[C@H]3C2)C1. The summed E-state index contributed by atoms with van der Waals surface area (Å²) in [6, 6.07) is 9.86. The molecule has 5 heteroatoms. The number of amides is 2. The summed E-state index contributed by atoms with van der Waals surface area (Å²) in [5.74, 6) is 1.66. The van der Waals surface area contributed by atoms with Crippen molar-refractivity contribution in [1.82, 2.24) is 15.1 Å². The van der Waals surface area contributed by atoms with Gasteiger partial charge in [0.2, 0.25) is 11.8 Å². The minimum atomic E-state index is -0.0136. The maximum Gasteiger partial charge on any atom is 0.227 e. The van der Waals surface area contributed by atoms with Crippen molar-refractivity contribution >= 4 is 11.8 Å². The molecule has 134 valence electrons. The molecular weight excluding hydrogens is 314 g/mol. The van der Waals surface area contributed by atoms with Crippen LogP contribution in [-0.2, 0) is 16.0 Å². The number of hydrogen-bond donors (Lipinski definition) is 1. The standard InChI is InChI=1S/C20H27N3O2/c24-19(9-15-5-2-1-3-6-15)22-8-4-7-16(12-22)20(25)23-13-17-10-21-11-18(17)14-23/h1-3,5-6,16-18,21H,4,7-14H2/t16?,17-,18+. The fourth-order valence-electron chi connectivity index (χ4n) is 4.58. The summed E-state index contributed by atoms with van der Waals surface area (Å²) in [6.07, 6.45) is 2.28. The fourth-order valence-corrected chi connectivity index (χ4v) is 4.58. The molecule has 3 aliphatic heterocycles. The van der Waals surface area contributed by atoms with Gasteiger partial charge in [-0.1, -0.05) is 30.3 Å². The molecule has 0 spiro atoms. The first-order chi connectivity index (χ1) is 12.2. The van der Waals surface area contributed by atoms with E-state index in [9.17, 15) is 9.59 Å². The van der Waals surface area contributed by atoms with E-state index < -0.39 is 0 Å². The molecule has 0 saturated carbocycles. The lowest BCUT2D eigenvalue weighted by Crippen LogP contribution is -2.47. The van der Waals surface area contributed by atoms with E-state index in [-0.39, 0.29) is 17.7 Å². The Hall–Kier alpha value is -1.88. The highest BCUT2D eigenvalue weighted by Gasteiger charge is 2.40. The Kier molecular flexibility index (Phi) is 4.75. The molecule has 3 aliphatic rings. The highest BCUT2D eigenvalue weighted by molar-refractivity contribution is 5.82. The van der Waals surface area contributed by atoms with Crippen LogP contribution in [0.3, 0.4) is 0 Å². The van der Waals surface area contributed by atoms with Crippen LogP contribution in [0.2, 0.25) is 0 Å². The molecule has 1 N–H and O–H groups in total. The third kappa shape index (κ3) is 3.56. The summed E-state index contributed by atoms with van der Waals surface area (Å²) in [4.78, 5) is 29.5. The highest BCUT2D eigenvalue weighted by atomic mass is 16.2. The van der Waals surface area contributed by atoms with Crippen molar-refractivity contribution < 1.29 is 9.59 Å². The van der Waals surface area contributed by atoms with Crippen molar-refractivity contribution in [3.63, 3.8) is 0 Å². The van der Waals surface area contributed by atoms with Gasteiger partial charge in [-0.25, -0.2) is 0 Å². The molecule has 4 rings (SSSR count). The van der Waals surface area contributed by atoms with Gasteiger partial charge in [0, 0.05) is 39.3 Å². The van der Waals surface area contributed by atoms with E-state index in [1.54, 1.807) is 0 Å². The summed E-state index contributed by atoms with van der Waals surface area (Å²) in [5.41, 5.74) is 1.04. The number of hydrogen-bond acceptors (Lipinski definition) is 3. The Morgan fingerprint density at radius 1 is 1.00 bits per heavy atom. The quantitative estimate of drug-likeness (QED) is 0.897. The molecule has 3 saturated heterocycles. The first-order valence-corrected chi connectivity index (χ1v) is 9.52. The predicted octanol–water partition coefficient (Wildman–Crippen LogP) is 1.15. The van der Waals surface area contributed by atoms with Gasteiger partial charge in [-0.3, -0.25) is 9.59 Å². The van der Waals surface area contributed by atoms with Crippen molar-refractivity contribution in [3.8, 4) is 0 Å². The number of nitrogens with zero attached hydrogens (tertiary/aromatic N) is 2. The van der Waals surface area contributed by atoms with Crippen LogP contribution in [0, 0.1) is 17.8 Å². The fraction of sp³-hybridized carbons (Fsp3) is 0.600. The molecule has 25 heavy (non-hydrogen) atoms. The molecule has 3 heterocycles. The van der Waals surface area contributed by atoms with Crippen LogP contribution in [0.4, 0.5) is 0 Å². The second-order valence-corrected chi connectivity index (χ2v) is 7.76. The molecule has 0 bridgehead atoms. The minimum absolute atomic E-state index is 0.0136. The molecule has 1 aromatic rings. The van der Waals surface area contributed by atoms with Crippen molar-refractivity contribution in [3.05, 3.63) is 35.9 Å². The van der Waals surface area contributed by atoms with E-state index in [0.29, 0.717) is 24.8 Å². The minimum Gasteiger partial charge on any atom is -0.342 e. The Morgan fingerprint density at radius 3 is 2.44 bits per heavy atom. The molecule has 3 fully saturated rings. The molecule has 2 amide bonds. The van der Waals surface area contributed by atoms with Crippen molar-refractivity contribution in [2.24, 2.45) is 17.8 Å². The first-order valence-electron chi connectivity index (χ1n) is 9.52. The molecule has 5 nitrogen and oxygen atoms in total. The third-order valence-corrected chi connectivity index (χ3v) is 6.02. The number of nitrogens with one attached hydrogen (secondary N) is 1. The maximum atomic E-state index is 12.9. The predicted molar refractivity (Wildman–Crippen MR) is 95.9 cm³/mol. The normalized spacial score (nSPS) is 28.9. The Morgan fingerprint density at radius 2 is 1.72 bits per heavy atom. The van der Waals surface area contributed by atoms with Gasteiger partial charge in [-0.05, 0) is 30.2 Å². The second-order valence-electron chi connectivity index (χ2n) is 7.76. The van der Waals surface area contributed by atoms with Crippen LogP contribution in [0.5, 0.6) is 0 Å². The topological polar surface area (TPSA) is 52.7 Å². The van der Waals surface area contributed by atoms with Gasteiger partial charge in [-0.2, -0.15) is 0 Å². The lowest BCUT2D eigenvalue weighted by atomic mass is 9.96. The Bertz CT molecular complexity index is 621. The van der Waals surface area contributed by atoms with E-state index >= 15 is 0 Å². The van der Waals surface area contributed by atoms with Gasteiger partial charge >= 0.3 is 0 Å². The van der Waals surface area contributed by atoms with E-state index in [4.69, 9.17) is 0 Å². The van der Waals surface area contributed by atoms with Crippen LogP contribution in [0.1, 0.15) is 18.4 Å². The summed E-state index contributed by atoms with van der Waals surface area (Å²) < 4.78 is 0. The van der Waals surface area contributed by atoms with Crippen LogP contribution in [-0.4, -0.2) is 60.9 Å². The van der Waals surface area contributed by atoms with E-state index in [1.165, 1.54) is 0 Å². The zero-order valence-electron chi connectivity index (χ0n) is 14.7. The van der Waals surface area contributed by atoms with Crippen molar-refractivity contribution in [1.29, 1.82) is 0 Å². The molecule has 3 atom stereocenters. The number of carbonyl (C=O) groups is 2. The van der Waals surface area contributed by atoms with Gasteiger partial charge in [0.15, 0.2) is 0 Å².